The molecule has 2 amide bonds. The molecule has 0 saturated carbocycles. The normalized spacial score (nSPS) is 21.3. The fourth-order valence-electron chi connectivity index (χ4n) is 2.58. The molecule has 0 radical (unpaired) electrons. The standard InChI is InChI=1S/C17H24N2O4/c1-10(18-16(22)23-17(2,3)4)15(21)19-14-12-8-6-5-7-11(12)9-13(14)20/h5-8,10,13-14,20H,9H2,1-4H3,(H,18,22)(H,19,21)/t10-,13+,14-/m0/s1. The Kier molecular flexibility index (Phi) is 4.94. The summed E-state index contributed by atoms with van der Waals surface area (Å²) in [5.41, 5.74) is 1.32. The Morgan fingerprint density at radius 3 is 2.61 bits per heavy atom. The maximum absolute atomic E-state index is 12.3. The average Bonchev–Trinajstić information content (AvgIpc) is 2.73. The number of nitrogens with one attached hydrogen (secondary N) is 2. The predicted molar refractivity (Wildman–Crippen MR) is 85.9 cm³/mol. The van der Waals surface area contributed by atoms with E-state index in [4.69, 9.17) is 4.74 Å². The molecule has 1 aliphatic carbocycles. The highest BCUT2D eigenvalue weighted by Gasteiger charge is 2.33. The topological polar surface area (TPSA) is 87.7 Å². The Balaban J connectivity index is 1.95. The summed E-state index contributed by atoms with van der Waals surface area (Å²) in [6.07, 6.45) is -0.799. The first-order valence-corrected chi connectivity index (χ1v) is 7.73. The van der Waals surface area contributed by atoms with E-state index >= 15 is 0 Å². The SMILES string of the molecule is C[C@H](NC(=O)OC(C)(C)C)C(=O)N[C@H]1c2ccccc2C[C@H]1O. The first kappa shape index (κ1) is 17.3. The van der Waals surface area contributed by atoms with Crippen LogP contribution in [-0.4, -0.2) is 34.9 Å². The minimum Gasteiger partial charge on any atom is -0.444 e. The molecule has 0 spiro atoms. The Hall–Kier alpha value is -2.08. The average molecular weight is 320 g/mol. The Labute approximate surface area is 136 Å². The summed E-state index contributed by atoms with van der Waals surface area (Å²) in [7, 11) is 0. The molecule has 0 bridgehead atoms. The maximum atomic E-state index is 12.3. The zero-order valence-electron chi connectivity index (χ0n) is 13.9. The number of hydrogen-bond acceptors (Lipinski definition) is 4. The lowest BCUT2D eigenvalue weighted by Gasteiger charge is -2.23. The van der Waals surface area contributed by atoms with Crippen molar-refractivity contribution in [3.63, 3.8) is 0 Å². The highest BCUT2D eigenvalue weighted by molar-refractivity contribution is 5.85. The van der Waals surface area contributed by atoms with Crippen molar-refractivity contribution in [1.29, 1.82) is 0 Å². The second-order valence-electron chi connectivity index (χ2n) is 6.82. The van der Waals surface area contributed by atoms with Crippen LogP contribution in [-0.2, 0) is 16.0 Å². The lowest BCUT2D eigenvalue weighted by atomic mass is 10.1. The third-order valence-electron chi connectivity index (χ3n) is 3.63. The van der Waals surface area contributed by atoms with Crippen molar-refractivity contribution >= 4 is 12.0 Å². The van der Waals surface area contributed by atoms with Crippen LogP contribution in [0.15, 0.2) is 24.3 Å². The van der Waals surface area contributed by atoms with Crippen molar-refractivity contribution in [2.45, 2.75) is 57.9 Å². The van der Waals surface area contributed by atoms with Gasteiger partial charge < -0.3 is 20.5 Å². The van der Waals surface area contributed by atoms with Gasteiger partial charge in [0.2, 0.25) is 5.91 Å². The number of carbonyl (C=O) groups excluding carboxylic acids is 2. The Bertz CT molecular complexity index is 595. The number of fused-ring (bicyclic) bond motifs is 1. The second kappa shape index (κ2) is 6.58. The zero-order chi connectivity index (χ0) is 17.2. The van der Waals surface area contributed by atoms with Gasteiger partial charge in [0, 0.05) is 6.42 Å². The summed E-state index contributed by atoms with van der Waals surface area (Å²) in [5.74, 6) is -0.364. The van der Waals surface area contributed by atoms with E-state index in [0.717, 1.165) is 11.1 Å². The lowest BCUT2D eigenvalue weighted by Crippen LogP contribution is -2.48. The van der Waals surface area contributed by atoms with E-state index in [0.29, 0.717) is 6.42 Å². The van der Waals surface area contributed by atoms with Crippen molar-refractivity contribution < 1.29 is 19.4 Å². The molecule has 6 heteroatoms. The summed E-state index contributed by atoms with van der Waals surface area (Å²) in [4.78, 5) is 24.0. The van der Waals surface area contributed by atoms with Crippen LogP contribution in [0, 0.1) is 0 Å². The van der Waals surface area contributed by atoms with E-state index in [9.17, 15) is 14.7 Å². The highest BCUT2D eigenvalue weighted by atomic mass is 16.6. The minimum absolute atomic E-state index is 0.364. The van der Waals surface area contributed by atoms with Gasteiger partial charge in [0.25, 0.3) is 0 Å². The van der Waals surface area contributed by atoms with Gasteiger partial charge in [-0.25, -0.2) is 4.79 Å². The van der Waals surface area contributed by atoms with Gasteiger partial charge >= 0.3 is 6.09 Å². The Morgan fingerprint density at radius 1 is 1.30 bits per heavy atom. The fraction of sp³-hybridized carbons (Fsp3) is 0.529. The molecule has 3 atom stereocenters. The molecule has 0 aliphatic heterocycles. The van der Waals surface area contributed by atoms with Crippen molar-refractivity contribution in [2.75, 3.05) is 0 Å². The molecule has 0 fully saturated rings. The largest absolute Gasteiger partial charge is 0.444 e. The molecular weight excluding hydrogens is 296 g/mol. The lowest BCUT2D eigenvalue weighted by molar-refractivity contribution is -0.124. The van der Waals surface area contributed by atoms with Crippen LogP contribution in [0.4, 0.5) is 4.79 Å². The molecule has 0 aromatic heterocycles. The van der Waals surface area contributed by atoms with E-state index in [1.807, 2.05) is 24.3 Å². The molecular formula is C17H24N2O4. The molecule has 1 aliphatic rings. The molecule has 0 unspecified atom stereocenters. The number of amides is 2. The zero-order valence-corrected chi connectivity index (χ0v) is 13.9. The van der Waals surface area contributed by atoms with Gasteiger partial charge in [-0.1, -0.05) is 24.3 Å². The third-order valence-corrected chi connectivity index (χ3v) is 3.63. The van der Waals surface area contributed by atoms with E-state index < -0.39 is 29.9 Å². The van der Waals surface area contributed by atoms with Gasteiger partial charge in [-0.2, -0.15) is 0 Å². The second-order valence-corrected chi connectivity index (χ2v) is 6.82. The van der Waals surface area contributed by atoms with Crippen molar-refractivity contribution in [3.05, 3.63) is 35.4 Å². The number of alkyl carbamates (subject to hydrolysis) is 1. The first-order chi connectivity index (χ1) is 10.7. The molecule has 1 aromatic carbocycles. The number of ether oxygens (including phenoxy) is 1. The number of benzene rings is 1. The van der Waals surface area contributed by atoms with Crippen molar-refractivity contribution in [3.8, 4) is 0 Å². The van der Waals surface area contributed by atoms with Crippen LogP contribution >= 0.6 is 0 Å². The summed E-state index contributed by atoms with van der Waals surface area (Å²) in [5, 5.41) is 15.4. The molecule has 0 saturated heterocycles. The number of aliphatic hydroxyl groups excluding tert-OH is 1. The van der Waals surface area contributed by atoms with E-state index in [-0.39, 0.29) is 5.91 Å². The Morgan fingerprint density at radius 2 is 1.96 bits per heavy atom. The van der Waals surface area contributed by atoms with Gasteiger partial charge in [-0.05, 0) is 38.8 Å². The van der Waals surface area contributed by atoms with Crippen molar-refractivity contribution in [1.82, 2.24) is 10.6 Å². The van der Waals surface area contributed by atoms with Crippen LogP contribution in [0.5, 0.6) is 0 Å². The first-order valence-electron chi connectivity index (χ1n) is 7.73. The molecule has 3 N–H and O–H groups in total. The highest BCUT2D eigenvalue weighted by Crippen LogP contribution is 2.31. The van der Waals surface area contributed by atoms with Gasteiger partial charge in [0.1, 0.15) is 11.6 Å². The van der Waals surface area contributed by atoms with Gasteiger partial charge in [-0.15, -0.1) is 0 Å². The quantitative estimate of drug-likeness (QED) is 0.790. The van der Waals surface area contributed by atoms with E-state index in [2.05, 4.69) is 10.6 Å². The molecule has 1 aromatic rings. The predicted octanol–water partition coefficient (Wildman–Crippen LogP) is 1.67. The number of aliphatic hydroxyl groups is 1. The minimum atomic E-state index is -0.759. The van der Waals surface area contributed by atoms with E-state index in [1.165, 1.54) is 0 Å². The maximum Gasteiger partial charge on any atom is 0.408 e. The summed E-state index contributed by atoms with van der Waals surface area (Å²) < 4.78 is 5.13. The molecule has 2 rings (SSSR count). The number of rotatable bonds is 3. The van der Waals surface area contributed by atoms with Gasteiger partial charge in [0.15, 0.2) is 0 Å². The molecule has 126 valence electrons. The molecule has 0 heterocycles. The summed E-state index contributed by atoms with van der Waals surface area (Å²) in [6, 6.07) is 6.39. The van der Waals surface area contributed by atoms with Crippen LogP contribution < -0.4 is 10.6 Å². The van der Waals surface area contributed by atoms with Crippen molar-refractivity contribution in [2.24, 2.45) is 0 Å². The monoisotopic (exact) mass is 320 g/mol. The smallest absolute Gasteiger partial charge is 0.408 e. The van der Waals surface area contributed by atoms with E-state index in [1.54, 1.807) is 27.7 Å². The summed E-state index contributed by atoms with van der Waals surface area (Å²) >= 11 is 0. The van der Waals surface area contributed by atoms with Gasteiger partial charge in [-0.3, -0.25) is 4.79 Å². The fourth-order valence-corrected chi connectivity index (χ4v) is 2.58. The van der Waals surface area contributed by atoms with Crippen LogP contribution in [0.3, 0.4) is 0 Å². The van der Waals surface area contributed by atoms with Crippen LogP contribution in [0.1, 0.15) is 44.9 Å². The molecule has 23 heavy (non-hydrogen) atoms. The number of carbonyl (C=O) groups is 2. The van der Waals surface area contributed by atoms with Crippen LogP contribution in [0.2, 0.25) is 0 Å². The summed E-state index contributed by atoms with van der Waals surface area (Å²) in [6.45, 7) is 6.84. The third kappa shape index (κ3) is 4.45. The molecule has 6 nitrogen and oxygen atoms in total. The van der Waals surface area contributed by atoms with Gasteiger partial charge in [0.05, 0.1) is 12.1 Å². The number of hydrogen-bond donors (Lipinski definition) is 3. The van der Waals surface area contributed by atoms with Crippen LogP contribution in [0.25, 0.3) is 0 Å².